The van der Waals surface area contributed by atoms with Crippen LogP contribution in [0.1, 0.15) is 11.4 Å². The van der Waals surface area contributed by atoms with Crippen LogP contribution in [0.2, 0.25) is 5.15 Å². The number of benzene rings is 1. The lowest BCUT2D eigenvalue weighted by Crippen LogP contribution is -1.97. The zero-order valence-corrected chi connectivity index (χ0v) is 11.6. The van der Waals surface area contributed by atoms with E-state index in [4.69, 9.17) is 11.6 Å². The first kappa shape index (κ1) is 11.6. The molecule has 18 heavy (non-hydrogen) atoms. The van der Waals surface area contributed by atoms with E-state index in [-0.39, 0.29) is 0 Å². The van der Waals surface area contributed by atoms with E-state index in [0.29, 0.717) is 17.2 Å². The fourth-order valence-corrected chi connectivity index (χ4v) is 2.13. The molecule has 3 rings (SSSR count). The fourth-order valence-electron chi connectivity index (χ4n) is 1.72. The van der Waals surface area contributed by atoms with Crippen molar-refractivity contribution in [1.82, 2.24) is 19.6 Å². The van der Waals surface area contributed by atoms with E-state index in [1.54, 1.807) is 12.4 Å². The Hall–Kier alpha value is -1.46. The molecule has 0 fully saturated rings. The Kier molecular flexibility index (Phi) is 3.01. The van der Waals surface area contributed by atoms with Crippen molar-refractivity contribution in [2.24, 2.45) is 0 Å². The summed E-state index contributed by atoms with van der Waals surface area (Å²) in [5.41, 5.74) is 1.88. The Morgan fingerprint density at radius 3 is 2.72 bits per heavy atom. The third kappa shape index (κ3) is 2.23. The predicted molar refractivity (Wildman–Crippen MR) is 72.7 cm³/mol. The monoisotopic (exact) mass is 322 g/mol. The van der Waals surface area contributed by atoms with Gasteiger partial charge in [-0.3, -0.25) is 4.40 Å². The standard InChI is InChI=1S/C12H8BrClN4/c13-9-3-1-8(2-4-9)5-11-16-17-12-6-10(14)15-7-18(11)12/h1-4,6-7H,5H2. The number of fused-ring (bicyclic) bond motifs is 1. The van der Waals surface area contributed by atoms with E-state index in [0.717, 1.165) is 10.3 Å². The normalized spacial score (nSPS) is 11.0. The first-order valence-electron chi connectivity index (χ1n) is 5.32. The van der Waals surface area contributed by atoms with Gasteiger partial charge in [-0.15, -0.1) is 10.2 Å². The van der Waals surface area contributed by atoms with Crippen molar-refractivity contribution in [3.8, 4) is 0 Å². The van der Waals surface area contributed by atoms with E-state index in [1.165, 1.54) is 5.56 Å². The second-order valence-corrected chi connectivity index (χ2v) is 5.16. The van der Waals surface area contributed by atoms with Crippen LogP contribution in [0.4, 0.5) is 0 Å². The second-order valence-electron chi connectivity index (χ2n) is 3.86. The van der Waals surface area contributed by atoms with E-state index in [1.807, 2.05) is 16.5 Å². The molecule has 0 atom stereocenters. The summed E-state index contributed by atoms with van der Waals surface area (Å²) in [5, 5.41) is 8.65. The average molecular weight is 324 g/mol. The van der Waals surface area contributed by atoms with Crippen LogP contribution in [0.5, 0.6) is 0 Å². The van der Waals surface area contributed by atoms with Crippen LogP contribution in [0.25, 0.3) is 5.65 Å². The van der Waals surface area contributed by atoms with Gasteiger partial charge in [0.25, 0.3) is 0 Å². The summed E-state index contributed by atoms with van der Waals surface area (Å²) in [5.74, 6) is 0.844. The number of aromatic nitrogens is 4. The highest BCUT2D eigenvalue weighted by molar-refractivity contribution is 9.10. The largest absolute Gasteiger partial charge is 0.269 e. The van der Waals surface area contributed by atoms with Crippen LogP contribution in [-0.2, 0) is 6.42 Å². The van der Waals surface area contributed by atoms with Crippen LogP contribution >= 0.6 is 27.5 Å². The minimum atomic E-state index is 0.421. The zero-order valence-electron chi connectivity index (χ0n) is 9.22. The van der Waals surface area contributed by atoms with Crippen LogP contribution in [0.3, 0.4) is 0 Å². The maximum Gasteiger partial charge on any atom is 0.165 e. The minimum Gasteiger partial charge on any atom is -0.269 e. The van der Waals surface area contributed by atoms with Gasteiger partial charge in [0.2, 0.25) is 0 Å². The summed E-state index contributed by atoms with van der Waals surface area (Å²) in [6.07, 6.45) is 2.35. The highest BCUT2D eigenvalue weighted by atomic mass is 79.9. The number of hydrogen-bond donors (Lipinski definition) is 0. The molecule has 3 aromatic rings. The van der Waals surface area contributed by atoms with Gasteiger partial charge in [0, 0.05) is 17.0 Å². The second kappa shape index (κ2) is 4.66. The van der Waals surface area contributed by atoms with Crippen LogP contribution < -0.4 is 0 Å². The molecule has 0 bridgehead atoms. The molecule has 0 aliphatic carbocycles. The molecule has 2 heterocycles. The first-order chi connectivity index (χ1) is 8.72. The molecule has 1 aromatic carbocycles. The lowest BCUT2D eigenvalue weighted by Gasteiger charge is -2.00. The van der Waals surface area contributed by atoms with E-state index in [9.17, 15) is 0 Å². The summed E-state index contributed by atoms with van der Waals surface area (Å²) in [4.78, 5) is 4.04. The predicted octanol–water partition coefficient (Wildman–Crippen LogP) is 3.13. The van der Waals surface area contributed by atoms with Crippen LogP contribution in [0, 0.1) is 0 Å². The van der Waals surface area contributed by atoms with Crippen molar-refractivity contribution in [3.05, 3.63) is 57.7 Å². The van der Waals surface area contributed by atoms with E-state index >= 15 is 0 Å². The Morgan fingerprint density at radius 1 is 1.17 bits per heavy atom. The third-order valence-corrected chi connectivity index (χ3v) is 3.35. The van der Waals surface area contributed by atoms with Gasteiger partial charge >= 0.3 is 0 Å². The lowest BCUT2D eigenvalue weighted by molar-refractivity contribution is 0.919. The average Bonchev–Trinajstić information content (AvgIpc) is 2.74. The summed E-state index contributed by atoms with van der Waals surface area (Å²) in [6.45, 7) is 0. The number of hydrogen-bond acceptors (Lipinski definition) is 3. The smallest absolute Gasteiger partial charge is 0.165 e. The molecule has 0 radical (unpaired) electrons. The molecule has 0 unspecified atom stereocenters. The highest BCUT2D eigenvalue weighted by Gasteiger charge is 2.07. The Labute approximate surface area is 117 Å². The molecule has 0 spiro atoms. The molecule has 4 nitrogen and oxygen atoms in total. The zero-order chi connectivity index (χ0) is 12.5. The summed E-state index contributed by atoms with van der Waals surface area (Å²) in [6, 6.07) is 9.81. The molecule has 0 saturated carbocycles. The Bertz CT molecular complexity index is 693. The van der Waals surface area contributed by atoms with Gasteiger partial charge < -0.3 is 0 Å². The number of rotatable bonds is 2. The lowest BCUT2D eigenvalue weighted by atomic mass is 10.1. The minimum absolute atomic E-state index is 0.421. The molecule has 90 valence electrons. The van der Waals surface area contributed by atoms with Gasteiger partial charge in [0.05, 0.1) is 0 Å². The van der Waals surface area contributed by atoms with Crippen molar-refractivity contribution in [2.75, 3.05) is 0 Å². The Balaban J connectivity index is 1.97. The molecule has 0 saturated heterocycles. The van der Waals surface area contributed by atoms with Gasteiger partial charge in [-0.25, -0.2) is 4.98 Å². The maximum atomic E-state index is 5.81. The number of nitrogens with zero attached hydrogens (tertiary/aromatic N) is 4. The molecule has 6 heteroatoms. The van der Waals surface area contributed by atoms with Crippen molar-refractivity contribution in [2.45, 2.75) is 6.42 Å². The first-order valence-corrected chi connectivity index (χ1v) is 6.49. The van der Waals surface area contributed by atoms with Gasteiger partial charge in [0.1, 0.15) is 17.3 Å². The fraction of sp³-hybridized carbons (Fsp3) is 0.0833. The number of halogens is 2. The summed E-state index contributed by atoms with van der Waals surface area (Å²) in [7, 11) is 0. The SMILES string of the molecule is Clc1cc2nnc(Cc3ccc(Br)cc3)n2cn1. The third-order valence-electron chi connectivity index (χ3n) is 2.61. The quantitative estimate of drug-likeness (QED) is 0.681. The highest BCUT2D eigenvalue weighted by Crippen LogP contribution is 2.14. The van der Waals surface area contributed by atoms with Gasteiger partial charge in [0.15, 0.2) is 5.65 Å². The Morgan fingerprint density at radius 2 is 1.94 bits per heavy atom. The molecular formula is C12H8BrClN4. The topological polar surface area (TPSA) is 43.1 Å². The van der Waals surface area contributed by atoms with Crippen LogP contribution in [-0.4, -0.2) is 19.6 Å². The van der Waals surface area contributed by atoms with E-state index in [2.05, 4.69) is 43.2 Å². The van der Waals surface area contributed by atoms with Crippen molar-refractivity contribution in [3.63, 3.8) is 0 Å². The van der Waals surface area contributed by atoms with Gasteiger partial charge in [-0.1, -0.05) is 39.7 Å². The molecule has 0 amide bonds. The van der Waals surface area contributed by atoms with Gasteiger partial charge in [-0.2, -0.15) is 0 Å². The van der Waals surface area contributed by atoms with Crippen molar-refractivity contribution < 1.29 is 0 Å². The molecule has 0 aliphatic heterocycles. The molecule has 0 aliphatic rings. The van der Waals surface area contributed by atoms with Crippen molar-refractivity contribution >= 4 is 33.2 Å². The van der Waals surface area contributed by atoms with Crippen molar-refractivity contribution in [1.29, 1.82) is 0 Å². The van der Waals surface area contributed by atoms with E-state index < -0.39 is 0 Å². The molecule has 2 aromatic heterocycles. The molecular weight excluding hydrogens is 316 g/mol. The summed E-state index contributed by atoms with van der Waals surface area (Å²) >= 11 is 9.22. The maximum absolute atomic E-state index is 5.81. The summed E-state index contributed by atoms with van der Waals surface area (Å²) < 4.78 is 2.90. The van der Waals surface area contributed by atoms with Gasteiger partial charge in [-0.05, 0) is 17.7 Å². The van der Waals surface area contributed by atoms with Crippen LogP contribution in [0.15, 0.2) is 41.1 Å². The molecule has 0 N–H and O–H groups in total.